The number of carbonyl (C=O) groups is 1. The smallest absolute Gasteiger partial charge is 0.247 e. The second-order valence-electron chi connectivity index (χ2n) is 9.10. The molecule has 0 saturated carbocycles. The van der Waals surface area contributed by atoms with Crippen molar-refractivity contribution in [2.24, 2.45) is 0 Å². The number of nitrogens with zero attached hydrogens (tertiary/aromatic N) is 4. The number of piperazine rings is 1. The van der Waals surface area contributed by atoms with Crippen LogP contribution in [0.2, 0.25) is 0 Å². The lowest BCUT2D eigenvalue weighted by atomic mass is 10.1. The van der Waals surface area contributed by atoms with Gasteiger partial charge in [-0.05, 0) is 44.2 Å². The standard InChI is InChI=1S/C29H34N6O2/c1-6-28(36)31-23-8-7-9-24(17-23)32-29-21(4)19-30-27(33-29)16-22-10-11-25(18-26(22)37-5)35-14-12-34(13-15-35)20(2)3/h6-11,17-19H,1-2,12-16H2,3-5H3,(H,31,36)(H,30,32,33). The Morgan fingerprint density at radius 2 is 1.89 bits per heavy atom. The van der Waals surface area contributed by atoms with Crippen LogP contribution in [0.15, 0.2) is 73.6 Å². The number of hydrogen-bond acceptors (Lipinski definition) is 7. The highest BCUT2D eigenvalue weighted by atomic mass is 16.5. The first-order valence-electron chi connectivity index (χ1n) is 12.3. The van der Waals surface area contributed by atoms with E-state index in [1.54, 1.807) is 7.11 Å². The zero-order valence-electron chi connectivity index (χ0n) is 21.8. The number of anilines is 4. The molecule has 0 atom stereocenters. The number of ether oxygens (including phenoxy) is 1. The van der Waals surface area contributed by atoms with E-state index in [-0.39, 0.29) is 5.91 Å². The van der Waals surface area contributed by atoms with Crippen LogP contribution in [0.25, 0.3) is 0 Å². The number of methoxy groups -OCH3 is 1. The van der Waals surface area contributed by atoms with Crippen LogP contribution < -0.4 is 20.3 Å². The van der Waals surface area contributed by atoms with Crippen molar-refractivity contribution in [1.82, 2.24) is 14.9 Å². The Balaban J connectivity index is 1.48. The molecule has 2 heterocycles. The van der Waals surface area contributed by atoms with Crippen molar-refractivity contribution in [3.8, 4) is 5.75 Å². The molecule has 1 fully saturated rings. The highest BCUT2D eigenvalue weighted by molar-refractivity contribution is 5.99. The van der Waals surface area contributed by atoms with E-state index in [1.807, 2.05) is 37.4 Å². The number of benzene rings is 2. The van der Waals surface area contributed by atoms with Crippen LogP contribution in [0, 0.1) is 6.92 Å². The summed E-state index contributed by atoms with van der Waals surface area (Å²) < 4.78 is 5.75. The van der Waals surface area contributed by atoms with Gasteiger partial charge in [0.05, 0.1) is 7.11 Å². The highest BCUT2D eigenvalue weighted by Gasteiger charge is 2.18. The fourth-order valence-corrected chi connectivity index (χ4v) is 4.29. The molecule has 1 aromatic heterocycles. The summed E-state index contributed by atoms with van der Waals surface area (Å²) in [5, 5.41) is 6.12. The fraction of sp³-hybridized carbons (Fsp3) is 0.276. The van der Waals surface area contributed by atoms with Gasteiger partial charge in [-0.3, -0.25) is 4.79 Å². The van der Waals surface area contributed by atoms with Crippen LogP contribution in [-0.4, -0.2) is 54.1 Å². The van der Waals surface area contributed by atoms with Gasteiger partial charge in [0.1, 0.15) is 17.4 Å². The normalized spacial score (nSPS) is 13.2. The number of rotatable bonds is 9. The zero-order valence-corrected chi connectivity index (χ0v) is 21.8. The molecule has 1 amide bonds. The van der Waals surface area contributed by atoms with Gasteiger partial charge in [-0.15, -0.1) is 0 Å². The Morgan fingerprint density at radius 1 is 1.14 bits per heavy atom. The van der Waals surface area contributed by atoms with E-state index in [9.17, 15) is 4.79 Å². The molecule has 4 rings (SSSR count). The third-order valence-electron chi connectivity index (χ3n) is 6.40. The van der Waals surface area contributed by atoms with Crippen LogP contribution >= 0.6 is 0 Å². The predicted octanol–water partition coefficient (Wildman–Crippen LogP) is 4.91. The van der Waals surface area contributed by atoms with E-state index in [0.717, 1.165) is 60.1 Å². The quantitative estimate of drug-likeness (QED) is 0.406. The van der Waals surface area contributed by atoms with Crippen molar-refractivity contribution in [2.45, 2.75) is 20.3 Å². The molecule has 0 bridgehead atoms. The number of hydrogen-bond donors (Lipinski definition) is 2. The highest BCUT2D eigenvalue weighted by Crippen LogP contribution is 2.29. The Morgan fingerprint density at radius 3 is 2.59 bits per heavy atom. The summed E-state index contributed by atoms with van der Waals surface area (Å²) >= 11 is 0. The number of amides is 1. The number of aromatic nitrogens is 2. The van der Waals surface area contributed by atoms with E-state index < -0.39 is 0 Å². The topological polar surface area (TPSA) is 82.6 Å². The van der Waals surface area contributed by atoms with Gasteiger partial charge in [-0.1, -0.05) is 25.3 Å². The first-order chi connectivity index (χ1) is 17.9. The van der Waals surface area contributed by atoms with E-state index in [0.29, 0.717) is 23.8 Å². The summed E-state index contributed by atoms with van der Waals surface area (Å²) in [7, 11) is 1.70. The lowest BCUT2D eigenvalue weighted by Crippen LogP contribution is -2.45. The molecular formula is C29H34N6O2. The molecular weight excluding hydrogens is 464 g/mol. The van der Waals surface area contributed by atoms with Crippen LogP contribution in [-0.2, 0) is 11.2 Å². The first kappa shape index (κ1) is 25.8. The second kappa shape index (κ2) is 11.6. The van der Waals surface area contributed by atoms with Gasteiger partial charge in [0, 0.05) is 78.7 Å². The van der Waals surface area contributed by atoms with Crippen molar-refractivity contribution >= 4 is 28.8 Å². The van der Waals surface area contributed by atoms with Crippen molar-refractivity contribution in [3.63, 3.8) is 0 Å². The molecule has 1 aliphatic heterocycles. The van der Waals surface area contributed by atoms with Gasteiger partial charge < -0.3 is 25.2 Å². The molecule has 0 spiro atoms. The number of nitrogens with one attached hydrogen (secondary N) is 2. The minimum absolute atomic E-state index is 0.258. The maximum absolute atomic E-state index is 11.6. The van der Waals surface area contributed by atoms with E-state index in [1.165, 1.54) is 6.08 Å². The average Bonchev–Trinajstić information content (AvgIpc) is 2.91. The average molecular weight is 499 g/mol. The van der Waals surface area contributed by atoms with E-state index in [4.69, 9.17) is 9.72 Å². The Bertz CT molecular complexity index is 1300. The maximum Gasteiger partial charge on any atom is 0.247 e. The number of carbonyl (C=O) groups excluding carboxylic acids is 1. The SMILES string of the molecule is C=CC(=O)Nc1cccc(Nc2nc(Cc3ccc(N4CCN(C(=C)C)CC4)cc3OC)ncc2C)c1. The fourth-order valence-electron chi connectivity index (χ4n) is 4.29. The van der Waals surface area contributed by atoms with Gasteiger partial charge in [0.15, 0.2) is 0 Å². The minimum Gasteiger partial charge on any atom is -0.496 e. The summed E-state index contributed by atoms with van der Waals surface area (Å²) in [4.78, 5) is 25.7. The van der Waals surface area contributed by atoms with Crippen LogP contribution in [0.5, 0.6) is 5.75 Å². The van der Waals surface area contributed by atoms with Gasteiger partial charge in [0.2, 0.25) is 5.91 Å². The Hall–Kier alpha value is -4.33. The van der Waals surface area contributed by atoms with Gasteiger partial charge in [-0.2, -0.15) is 0 Å². The van der Waals surface area contributed by atoms with Gasteiger partial charge in [0.25, 0.3) is 0 Å². The molecule has 8 heteroatoms. The molecule has 2 aromatic carbocycles. The van der Waals surface area contributed by atoms with Gasteiger partial charge >= 0.3 is 0 Å². The largest absolute Gasteiger partial charge is 0.496 e. The Labute approximate surface area is 218 Å². The van der Waals surface area contributed by atoms with Crippen molar-refractivity contribution in [2.75, 3.05) is 48.8 Å². The molecule has 8 nitrogen and oxygen atoms in total. The van der Waals surface area contributed by atoms with E-state index >= 15 is 0 Å². The van der Waals surface area contributed by atoms with Crippen molar-refractivity contribution < 1.29 is 9.53 Å². The third kappa shape index (κ3) is 6.46. The first-order valence-corrected chi connectivity index (χ1v) is 12.3. The Kier molecular flexibility index (Phi) is 8.08. The number of aryl methyl sites for hydroxylation is 1. The van der Waals surface area contributed by atoms with Crippen LogP contribution in [0.3, 0.4) is 0 Å². The summed E-state index contributed by atoms with van der Waals surface area (Å²) in [6, 6.07) is 13.8. The molecule has 37 heavy (non-hydrogen) atoms. The molecule has 0 aliphatic carbocycles. The van der Waals surface area contributed by atoms with Gasteiger partial charge in [-0.25, -0.2) is 9.97 Å². The summed E-state index contributed by atoms with van der Waals surface area (Å²) in [6.07, 6.45) is 3.60. The monoisotopic (exact) mass is 498 g/mol. The lowest BCUT2D eigenvalue weighted by molar-refractivity contribution is -0.111. The van der Waals surface area contributed by atoms with Crippen LogP contribution in [0.1, 0.15) is 23.9 Å². The third-order valence-corrected chi connectivity index (χ3v) is 6.40. The molecule has 3 aromatic rings. The maximum atomic E-state index is 11.6. The summed E-state index contributed by atoms with van der Waals surface area (Å²) in [5.41, 5.74) is 5.69. The minimum atomic E-state index is -0.258. The number of allylic oxidation sites excluding steroid dienone is 1. The predicted molar refractivity (Wildman–Crippen MR) is 150 cm³/mol. The summed E-state index contributed by atoms with van der Waals surface area (Å²) in [5.74, 6) is 1.96. The van der Waals surface area contributed by atoms with Crippen molar-refractivity contribution in [3.05, 3.63) is 90.5 Å². The lowest BCUT2D eigenvalue weighted by Gasteiger charge is -2.37. The molecule has 0 unspecified atom stereocenters. The molecule has 192 valence electrons. The molecule has 0 radical (unpaired) electrons. The zero-order chi connectivity index (χ0) is 26.4. The summed E-state index contributed by atoms with van der Waals surface area (Å²) in [6.45, 7) is 15.4. The second-order valence-corrected chi connectivity index (χ2v) is 9.10. The molecule has 1 saturated heterocycles. The molecule has 1 aliphatic rings. The molecule has 2 N–H and O–H groups in total. The van der Waals surface area contributed by atoms with Crippen molar-refractivity contribution in [1.29, 1.82) is 0 Å². The van der Waals surface area contributed by atoms with E-state index in [2.05, 4.69) is 63.7 Å². The van der Waals surface area contributed by atoms with Crippen LogP contribution in [0.4, 0.5) is 22.9 Å².